The Morgan fingerprint density at radius 1 is 1.10 bits per heavy atom. The third kappa shape index (κ3) is 7.29. The van der Waals surface area contributed by atoms with Crippen LogP contribution in [0.25, 0.3) is 10.9 Å². The van der Waals surface area contributed by atoms with E-state index in [1.165, 1.54) is 0 Å². The maximum absolute atomic E-state index is 13.5. The molecular formula is C29H36N4O7. The van der Waals surface area contributed by atoms with Crippen LogP contribution in [0.3, 0.4) is 0 Å². The Labute approximate surface area is 232 Å². The van der Waals surface area contributed by atoms with Crippen molar-refractivity contribution in [3.63, 3.8) is 0 Å². The first-order chi connectivity index (χ1) is 19.0. The van der Waals surface area contributed by atoms with E-state index in [9.17, 15) is 14.4 Å². The maximum atomic E-state index is 13.5. The number of benzene rings is 2. The predicted molar refractivity (Wildman–Crippen MR) is 150 cm³/mol. The van der Waals surface area contributed by atoms with Crippen LogP contribution in [0.5, 0.6) is 5.75 Å². The summed E-state index contributed by atoms with van der Waals surface area (Å²) in [7, 11) is 1.59. The number of rotatable bonds is 8. The van der Waals surface area contributed by atoms with Gasteiger partial charge < -0.3 is 34.2 Å². The van der Waals surface area contributed by atoms with E-state index >= 15 is 0 Å². The van der Waals surface area contributed by atoms with E-state index in [1.54, 1.807) is 51.8 Å². The number of hydrogen-bond donors (Lipinski definition) is 2. The number of ether oxygens (including phenoxy) is 3. The topological polar surface area (TPSA) is 132 Å². The van der Waals surface area contributed by atoms with Crippen LogP contribution in [-0.2, 0) is 27.2 Å². The molecule has 2 heterocycles. The molecule has 1 aliphatic heterocycles. The number of nitrogens with one attached hydrogen (secondary N) is 2. The van der Waals surface area contributed by atoms with Crippen molar-refractivity contribution in [1.82, 2.24) is 15.2 Å². The lowest BCUT2D eigenvalue weighted by atomic mass is 10.0. The van der Waals surface area contributed by atoms with Crippen LogP contribution in [0.4, 0.5) is 10.8 Å². The molecule has 0 unspecified atom stereocenters. The average Bonchev–Trinajstić information content (AvgIpc) is 2.91. The first-order valence-corrected chi connectivity index (χ1v) is 13.2. The second kappa shape index (κ2) is 12.4. The Bertz CT molecular complexity index is 1410. The molecule has 11 heteroatoms. The highest BCUT2D eigenvalue weighted by atomic mass is 16.6. The van der Waals surface area contributed by atoms with Crippen LogP contribution in [0.1, 0.15) is 37.5 Å². The van der Waals surface area contributed by atoms with E-state index in [4.69, 9.17) is 18.6 Å². The number of amides is 2. The molecule has 1 aromatic heterocycles. The summed E-state index contributed by atoms with van der Waals surface area (Å²) >= 11 is 0. The molecule has 1 aliphatic rings. The fourth-order valence-corrected chi connectivity index (χ4v) is 4.45. The highest BCUT2D eigenvalue weighted by Crippen LogP contribution is 2.21. The van der Waals surface area contributed by atoms with Crippen molar-refractivity contribution < 1.29 is 28.2 Å². The molecule has 0 radical (unpaired) electrons. The summed E-state index contributed by atoms with van der Waals surface area (Å²) in [5, 5.41) is 6.08. The molecule has 3 aromatic rings. The molecule has 2 aromatic carbocycles. The summed E-state index contributed by atoms with van der Waals surface area (Å²) in [4.78, 5) is 44.9. The van der Waals surface area contributed by atoms with E-state index in [0.29, 0.717) is 54.9 Å². The van der Waals surface area contributed by atoms with Crippen molar-refractivity contribution in [3.8, 4) is 5.75 Å². The fourth-order valence-electron chi connectivity index (χ4n) is 4.45. The van der Waals surface area contributed by atoms with Crippen LogP contribution < -0.4 is 21.0 Å². The lowest BCUT2D eigenvalue weighted by Crippen LogP contribution is -2.49. The van der Waals surface area contributed by atoms with E-state index in [2.05, 4.69) is 15.6 Å². The summed E-state index contributed by atoms with van der Waals surface area (Å²) in [5.74, 6) is 0.578. The Balaban J connectivity index is 1.57. The average molecular weight is 553 g/mol. The smallest absolute Gasteiger partial charge is 0.407 e. The Hall–Kier alpha value is -4.12. The van der Waals surface area contributed by atoms with Crippen molar-refractivity contribution >= 4 is 28.9 Å². The maximum Gasteiger partial charge on any atom is 0.407 e. The largest absolute Gasteiger partial charge is 0.497 e. The number of hydrogen-bond acceptors (Lipinski definition) is 9. The molecule has 1 atom stereocenters. The third-order valence-electron chi connectivity index (χ3n) is 6.51. The molecule has 0 aliphatic carbocycles. The molecule has 11 nitrogen and oxygen atoms in total. The van der Waals surface area contributed by atoms with E-state index in [-0.39, 0.29) is 18.5 Å². The Morgan fingerprint density at radius 3 is 2.45 bits per heavy atom. The van der Waals surface area contributed by atoms with Gasteiger partial charge in [0.2, 0.25) is 5.91 Å². The van der Waals surface area contributed by atoms with Gasteiger partial charge in [0.25, 0.3) is 6.01 Å². The van der Waals surface area contributed by atoms with Gasteiger partial charge in [-0.1, -0.05) is 18.2 Å². The SMILES string of the molecule is COc1ccc(C[C@H](Nc2nc3ccc(CNC(=O)OC(C)(C)C)c(C)c3c(=O)o2)C(=O)N2CCOCC2)cc1. The molecule has 2 N–H and O–H groups in total. The number of aryl methyl sites for hydroxylation is 1. The first kappa shape index (κ1) is 28.9. The molecule has 40 heavy (non-hydrogen) atoms. The molecule has 4 rings (SSSR count). The first-order valence-electron chi connectivity index (χ1n) is 13.2. The number of carbonyl (C=O) groups is 2. The minimum atomic E-state index is -0.724. The van der Waals surface area contributed by atoms with E-state index < -0.39 is 23.4 Å². The quantitative estimate of drug-likeness (QED) is 0.431. The molecule has 1 fully saturated rings. The summed E-state index contributed by atoms with van der Waals surface area (Å²) < 4.78 is 21.5. The van der Waals surface area contributed by atoms with E-state index in [1.807, 2.05) is 24.3 Å². The minimum absolute atomic E-state index is 0.0448. The molecule has 214 valence electrons. The van der Waals surface area contributed by atoms with Gasteiger partial charge in [-0.2, -0.15) is 4.98 Å². The van der Waals surface area contributed by atoms with Gasteiger partial charge in [0.05, 0.1) is 31.2 Å². The molecule has 0 bridgehead atoms. The second-order valence-corrected chi connectivity index (χ2v) is 10.6. The summed E-state index contributed by atoms with van der Waals surface area (Å²) in [6.07, 6.45) is -0.206. The molecule has 1 saturated heterocycles. The fraction of sp³-hybridized carbons (Fsp3) is 0.448. The van der Waals surface area contributed by atoms with E-state index in [0.717, 1.165) is 11.1 Å². The summed E-state index contributed by atoms with van der Waals surface area (Å²) in [5.41, 5.74) is 1.48. The zero-order valence-electron chi connectivity index (χ0n) is 23.5. The van der Waals surface area contributed by atoms with Gasteiger partial charge in [-0.3, -0.25) is 4.79 Å². The lowest BCUT2D eigenvalue weighted by Gasteiger charge is -2.30. The van der Waals surface area contributed by atoms with Gasteiger partial charge in [-0.15, -0.1) is 0 Å². The van der Waals surface area contributed by atoms with Gasteiger partial charge in [0.1, 0.15) is 17.4 Å². The monoisotopic (exact) mass is 552 g/mol. The Morgan fingerprint density at radius 2 is 1.80 bits per heavy atom. The molecular weight excluding hydrogens is 516 g/mol. The van der Waals surface area contributed by atoms with Gasteiger partial charge >= 0.3 is 11.7 Å². The van der Waals surface area contributed by atoms with Crippen molar-refractivity contribution in [2.75, 3.05) is 38.7 Å². The number of alkyl carbamates (subject to hydrolysis) is 1. The number of methoxy groups -OCH3 is 1. The number of carbonyl (C=O) groups excluding carboxylic acids is 2. The van der Waals surface area contributed by atoms with Crippen molar-refractivity contribution in [2.24, 2.45) is 0 Å². The van der Waals surface area contributed by atoms with Crippen LogP contribution >= 0.6 is 0 Å². The third-order valence-corrected chi connectivity index (χ3v) is 6.51. The molecule has 2 amide bonds. The van der Waals surface area contributed by atoms with Crippen LogP contribution in [-0.4, -0.2) is 66.9 Å². The lowest BCUT2D eigenvalue weighted by molar-refractivity contribution is -0.136. The van der Waals surface area contributed by atoms with Gasteiger partial charge in [-0.05, 0) is 62.6 Å². The van der Waals surface area contributed by atoms with Crippen molar-refractivity contribution in [1.29, 1.82) is 0 Å². The highest BCUT2D eigenvalue weighted by Gasteiger charge is 2.28. The highest BCUT2D eigenvalue weighted by molar-refractivity contribution is 5.86. The summed E-state index contributed by atoms with van der Waals surface area (Å²) in [6.45, 7) is 9.19. The predicted octanol–water partition coefficient (Wildman–Crippen LogP) is 3.41. The van der Waals surface area contributed by atoms with Crippen molar-refractivity contribution in [3.05, 3.63) is 63.5 Å². The zero-order chi connectivity index (χ0) is 28.9. The molecule has 0 spiro atoms. The van der Waals surface area contributed by atoms with Gasteiger partial charge in [0, 0.05) is 26.1 Å². The standard InChI is InChI=1S/C29H36N4O7/c1-18-20(17-30-28(36)40-29(2,3)4)8-11-22-24(18)26(35)39-27(31-22)32-23(25(34)33-12-14-38-15-13-33)16-19-6-9-21(37-5)10-7-19/h6-11,23H,12-17H2,1-5H3,(H,30,36)(H,31,32)/t23-/m0/s1. The summed E-state index contributed by atoms with van der Waals surface area (Å²) in [6, 6.07) is 10.2. The van der Waals surface area contributed by atoms with Crippen LogP contribution in [0.15, 0.2) is 45.6 Å². The van der Waals surface area contributed by atoms with Gasteiger partial charge in [-0.25, -0.2) is 9.59 Å². The molecule has 0 saturated carbocycles. The number of fused-ring (bicyclic) bond motifs is 1. The minimum Gasteiger partial charge on any atom is -0.497 e. The van der Waals surface area contributed by atoms with Crippen LogP contribution in [0.2, 0.25) is 0 Å². The normalized spacial score (nSPS) is 14.5. The van der Waals surface area contributed by atoms with Gasteiger partial charge in [0.15, 0.2) is 0 Å². The number of anilines is 1. The number of morpholine rings is 1. The van der Waals surface area contributed by atoms with Crippen molar-refractivity contribution in [2.45, 2.75) is 52.3 Å². The second-order valence-electron chi connectivity index (χ2n) is 10.6. The Kier molecular flexibility index (Phi) is 8.93. The van der Waals surface area contributed by atoms with Crippen LogP contribution in [0, 0.1) is 6.92 Å². The number of nitrogens with zero attached hydrogens (tertiary/aromatic N) is 2. The zero-order valence-corrected chi connectivity index (χ0v) is 23.5. The number of aromatic nitrogens is 1.